The summed E-state index contributed by atoms with van der Waals surface area (Å²) >= 11 is 0. The van der Waals surface area contributed by atoms with Crippen molar-refractivity contribution < 1.29 is 14.0 Å². The molecule has 2 saturated heterocycles. The molecule has 0 spiro atoms. The first kappa shape index (κ1) is 24.9. The molecule has 2 aliphatic rings. The van der Waals surface area contributed by atoms with Gasteiger partial charge in [0.05, 0.1) is 12.8 Å². The summed E-state index contributed by atoms with van der Waals surface area (Å²) in [7, 11) is 0. The highest BCUT2D eigenvalue weighted by atomic mass is 16.3. The second-order valence-electron chi connectivity index (χ2n) is 9.89. The van der Waals surface area contributed by atoms with Crippen molar-refractivity contribution in [3.63, 3.8) is 0 Å². The van der Waals surface area contributed by atoms with Crippen molar-refractivity contribution in [1.82, 2.24) is 15.1 Å². The average molecular weight is 496 g/mol. The maximum atomic E-state index is 13.8. The normalized spacial score (nSPS) is 20.5. The molecule has 0 unspecified atom stereocenters. The number of carbonyl (C=O) groups excluding carboxylic acids is 2. The fourth-order valence-electron chi connectivity index (χ4n) is 5.74. The van der Waals surface area contributed by atoms with Crippen molar-refractivity contribution in [1.29, 1.82) is 0 Å². The Balaban J connectivity index is 1.32. The number of hydrogen-bond donors (Lipinski definition) is 1. The highest BCUT2D eigenvalue weighted by molar-refractivity contribution is 6.07. The lowest BCUT2D eigenvalue weighted by Gasteiger charge is -2.41. The summed E-state index contributed by atoms with van der Waals surface area (Å²) in [5, 5.41) is 3.15. The van der Waals surface area contributed by atoms with E-state index in [9.17, 15) is 9.59 Å². The summed E-state index contributed by atoms with van der Waals surface area (Å²) in [6.07, 6.45) is 4.71. The molecular formula is C31H33N3O3. The maximum absolute atomic E-state index is 13.8. The summed E-state index contributed by atoms with van der Waals surface area (Å²) in [4.78, 5) is 30.4. The molecule has 1 atom stereocenters. The molecule has 1 aromatic heterocycles. The number of furan rings is 1. The Kier molecular flexibility index (Phi) is 7.43. The van der Waals surface area contributed by atoms with Crippen molar-refractivity contribution in [2.45, 2.75) is 44.7 Å². The van der Waals surface area contributed by atoms with E-state index in [-0.39, 0.29) is 24.4 Å². The number of nitrogens with one attached hydrogen (secondary N) is 1. The van der Waals surface area contributed by atoms with Gasteiger partial charge in [-0.25, -0.2) is 4.79 Å². The molecule has 6 nitrogen and oxygen atoms in total. The minimum absolute atomic E-state index is 0.0730. The average Bonchev–Trinajstić information content (AvgIpc) is 3.55. The standard InChI is InChI=1S/C31H33N3O3/c1-2-3-19-34-29(35)31(32-30(34)36,18-15-24-10-5-4-6-11-24)26-16-20-33(21-17-26)23-25-12-7-8-13-27(25)28-14-9-22-37-28/h4-14,22,26H,15-21,23H2,1H3,(H,32,36)/t31-/m1/s1. The van der Waals surface area contributed by atoms with Gasteiger partial charge in [0.25, 0.3) is 5.91 Å². The summed E-state index contributed by atoms with van der Waals surface area (Å²) in [5.74, 6) is 6.52. The largest absolute Gasteiger partial charge is 0.464 e. The van der Waals surface area contributed by atoms with E-state index >= 15 is 0 Å². The van der Waals surface area contributed by atoms with Gasteiger partial charge in [0.2, 0.25) is 0 Å². The number of piperidine rings is 1. The Morgan fingerprint density at radius 1 is 1.00 bits per heavy atom. The number of rotatable bonds is 8. The van der Waals surface area contributed by atoms with Gasteiger partial charge < -0.3 is 9.73 Å². The Hall–Kier alpha value is -3.82. The number of hydrogen-bond acceptors (Lipinski definition) is 4. The third-order valence-electron chi connectivity index (χ3n) is 7.75. The van der Waals surface area contributed by atoms with Gasteiger partial charge in [-0.05, 0) is 74.9 Å². The third kappa shape index (κ3) is 5.19. The van der Waals surface area contributed by atoms with Crippen LogP contribution in [0.15, 0.2) is 77.4 Å². The Morgan fingerprint density at radius 3 is 2.49 bits per heavy atom. The molecule has 3 amide bonds. The van der Waals surface area contributed by atoms with Crippen LogP contribution in [0.4, 0.5) is 4.79 Å². The van der Waals surface area contributed by atoms with Crippen LogP contribution in [0.3, 0.4) is 0 Å². The number of nitrogens with zero attached hydrogens (tertiary/aromatic N) is 2. The van der Waals surface area contributed by atoms with Crippen molar-refractivity contribution >= 4 is 11.9 Å². The van der Waals surface area contributed by atoms with Gasteiger partial charge in [0.15, 0.2) is 0 Å². The summed E-state index contributed by atoms with van der Waals surface area (Å²) < 4.78 is 5.66. The zero-order chi connectivity index (χ0) is 25.7. The molecule has 3 aromatic rings. The number of carbonyl (C=O) groups is 2. The predicted molar refractivity (Wildman–Crippen MR) is 143 cm³/mol. The molecule has 37 heavy (non-hydrogen) atoms. The van der Waals surface area contributed by atoms with Crippen LogP contribution in [0.25, 0.3) is 11.3 Å². The van der Waals surface area contributed by atoms with E-state index in [1.807, 2.05) is 36.4 Å². The van der Waals surface area contributed by atoms with Gasteiger partial charge in [-0.15, -0.1) is 5.92 Å². The fraction of sp³-hybridized carbons (Fsp3) is 0.355. The van der Waals surface area contributed by atoms with E-state index in [0.717, 1.165) is 50.2 Å². The van der Waals surface area contributed by atoms with Crippen LogP contribution in [0.1, 0.15) is 37.3 Å². The molecule has 2 aromatic carbocycles. The van der Waals surface area contributed by atoms with Crippen LogP contribution in [0.5, 0.6) is 0 Å². The molecule has 5 rings (SSSR count). The molecule has 190 valence electrons. The Morgan fingerprint density at radius 2 is 1.76 bits per heavy atom. The quantitative estimate of drug-likeness (QED) is 0.349. The molecule has 6 heteroatoms. The zero-order valence-electron chi connectivity index (χ0n) is 21.3. The first-order valence-corrected chi connectivity index (χ1v) is 13.0. The SMILES string of the molecule is CC#CCN1C(=O)N[C@](CCc2ccccc2)(C2CCN(Cc3ccccc3-c3ccco3)CC2)C1=O. The number of urea groups is 1. The van der Waals surface area contributed by atoms with Gasteiger partial charge in [-0.3, -0.25) is 14.6 Å². The zero-order valence-corrected chi connectivity index (χ0v) is 21.3. The van der Waals surface area contributed by atoms with Crippen molar-refractivity contribution in [3.8, 4) is 23.2 Å². The Bertz CT molecular complexity index is 1280. The summed E-state index contributed by atoms with van der Waals surface area (Å²) in [6.45, 7) is 4.40. The minimum atomic E-state index is -0.888. The molecule has 0 aliphatic carbocycles. The van der Waals surface area contributed by atoms with E-state index in [0.29, 0.717) is 6.42 Å². The lowest BCUT2D eigenvalue weighted by atomic mass is 9.74. The first-order chi connectivity index (χ1) is 18.1. The second kappa shape index (κ2) is 11.1. The molecule has 2 aliphatic heterocycles. The van der Waals surface area contributed by atoms with Crippen LogP contribution < -0.4 is 5.32 Å². The lowest BCUT2D eigenvalue weighted by molar-refractivity contribution is -0.134. The van der Waals surface area contributed by atoms with Gasteiger partial charge in [0.1, 0.15) is 11.3 Å². The molecular weight excluding hydrogens is 462 g/mol. The molecule has 3 heterocycles. The van der Waals surface area contributed by atoms with Crippen molar-refractivity contribution in [3.05, 3.63) is 84.1 Å². The van der Waals surface area contributed by atoms with E-state index in [4.69, 9.17) is 4.42 Å². The lowest BCUT2D eigenvalue weighted by Crippen LogP contribution is -2.56. The first-order valence-electron chi connectivity index (χ1n) is 13.0. The summed E-state index contributed by atoms with van der Waals surface area (Å²) in [5.41, 5.74) is 2.62. The van der Waals surface area contributed by atoms with E-state index in [2.05, 4.69) is 52.4 Å². The predicted octanol–water partition coefficient (Wildman–Crippen LogP) is 5.11. The van der Waals surface area contributed by atoms with Gasteiger partial charge >= 0.3 is 6.03 Å². The van der Waals surface area contributed by atoms with Crippen LogP contribution in [0.2, 0.25) is 0 Å². The number of amides is 3. The molecule has 2 fully saturated rings. The minimum Gasteiger partial charge on any atom is -0.464 e. The number of likely N-dealkylation sites (tertiary alicyclic amines) is 1. The van der Waals surface area contributed by atoms with E-state index in [1.54, 1.807) is 13.2 Å². The van der Waals surface area contributed by atoms with Crippen LogP contribution >= 0.6 is 0 Å². The van der Waals surface area contributed by atoms with E-state index < -0.39 is 5.54 Å². The number of aryl methyl sites for hydroxylation is 1. The monoisotopic (exact) mass is 495 g/mol. The van der Waals surface area contributed by atoms with Gasteiger partial charge in [0, 0.05) is 12.1 Å². The van der Waals surface area contributed by atoms with Crippen LogP contribution in [0, 0.1) is 17.8 Å². The molecule has 1 N–H and O–H groups in total. The van der Waals surface area contributed by atoms with Crippen molar-refractivity contribution in [2.75, 3.05) is 19.6 Å². The highest BCUT2D eigenvalue weighted by Gasteiger charge is 2.55. The number of imide groups is 1. The van der Waals surface area contributed by atoms with Crippen molar-refractivity contribution in [2.24, 2.45) is 5.92 Å². The van der Waals surface area contributed by atoms with Crippen LogP contribution in [-0.4, -0.2) is 46.9 Å². The van der Waals surface area contributed by atoms with Crippen LogP contribution in [-0.2, 0) is 17.8 Å². The van der Waals surface area contributed by atoms with Gasteiger partial charge in [-0.1, -0.05) is 60.5 Å². The number of benzene rings is 2. The topological polar surface area (TPSA) is 65.8 Å². The highest BCUT2D eigenvalue weighted by Crippen LogP contribution is 2.38. The maximum Gasteiger partial charge on any atom is 0.325 e. The molecule has 0 radical (unpaired) electrons. The molecule has 0 bridgehead atoms. The van der Waals surface area contributed by atoms with Gasteiger partial charge in [-0.2, -0.15) is 0 Å². The summed E-state index contributed by atoms with van der Waals surface area (Å²) in [6, 6.07) is 22.1. The molecule has 0 saturated carbocycles. The Labute approximate surface area is 218 Å². The third-order valence-corrected chi connectivity index (χ3v) is 7.75. The fourth-order valence-corrected chi connectivity index (χ4v) is 5.74. The second-order valence-corrected chi connectivity index (χ2v) is 9.89. The van der Waals surface area contributed by atoms with E-state index in [1.165, 1.54) is 16.0 Å². The smallest absolute Gasteiger partial charge is 0.325 e.